The van der Waals surface area contributed by atoms with E-state index in [0.717, 1.165) is 25.7 Å². The van der Waals surface area contributed by atoms with Gasteiger partial charge in [0.1, 0.15) is 5.21 Å². The van der Waals surface area contributed by atoms with Crippen LogP contribution in [0.25, 0.3) is 0 Å². The van der Waals surface area contributed by atoms with Crippen molar-refractivity contribution in [3.8, 4) is 0 Å². The fourth-order valence-electron chi connectivity index (χ4n) is 1.23. The summed E-state index contributed by atoms with van der Waals surface area (Å²) in [5.41, 5.74) is 0. The maximum absolute atomic E-state index is 11.1. The lowest BCUT2D eigenvalue weighted by atomic mass is 10.00. The van der Waals surface area contributed by atoms with Crippen LogP contribution >= 0.6 is 11.6 Å². The smallest absolute Gasteiger partial charge is 0.214 e. The van der Waals surface area contributed by atoms with Crippen molar-refractivity contribution in [2.75, 3.05) is 11.8 Å². The van der Waals surface area contributed by atoms with Crippen LogP contribution in [0.3, 0.4) is 0 Å². The summed E-state index contributed by atoms with van der Waals surface area (Å²) in [7, 11) is -3.23. The highest BCUT2D eigenvalue weighted by atomic mass is 35.5. The fraction of sp³-hybridized carbons (Fsp3) is 1.00. The topological polar surface area (TPSA) is 46.2 Å². The second-order valence-electron chi connectivity index (χ2n) is 3.49. The second kappa shape index (κ2) is 7.49. The monoisotopic (exact) mass is 241 g/mol. The Morgan fingerprint density at radius 1 is 1.36 bits per heavy atom. The summed E-state index contributed by atoms with van der Waals surface area (Å²) in [4.78, 5) is 0. The predicted molar refractivity (Wildman–Crippen MR) is 60.9 cm³/mol. The number of nitrogens with one attached hydrogen (secondary N) is 1. The van der Waals surface area contributed by atoms with Gasteiger partial charge in [0.15, 0.2) is 0 Å². The molecule has 0 heterocycles. The van der Waals surface area contributed by atoms with E-state index in [-0.39, 0.29) is 5.21 Å². The Morgan fingerprint density at radius 3 is 2.43 bits per heavy atom. The van der Waals surface area contributed by atoms with Crippen LogP contribution in [0.1, 0.15) is 39.5 Å². The molecule has 0 aliphatic heterocycles. The third kappa shape index (κ3) is 6.62. The van der Waals surface area contributed by atoms with Gasteiger partial charge in [-0.05, 0) is 12.3 Å². The van der Waals surface area contributed by atoms with Gasteiger partial charge in [0.05, 0.1) is 0 Å². The van der Waals surface area contributed by atoms with Crippen molar-refractivity contribution in [3.63, 3.8) is 0 Å². The molecular weight excluding hydrogens is 222 g/mol. The lowest BCUT2D eigenvalue weighted by Crippen LogP contribution is -2.29. The lowest BCUT2D eigenvalue weighted by Gasteiger charge is -2.14. The fourth-order valence-corrected chi connectivity index (χ4v) is 2.02. The van der Waals surface area contributed by atoms with Crippen molar-refractivity contribution < 1.29 is 8.42 Å². The van der Waals surface area contributed by atoms with Gasteiger partial charge in [0.2, 0.25) is 10.0 Å². The molecule has 0 aliphatic rings. The van der Waals surface area contributed by atoms with Gasteiger partial charge in [0, 0.05) is 6.54 Å². The molecule has 0 radical (unpaired) electrons. The zero-order valence-electron chi connectivity index (χ0n) is 8.92. The van der Waals surface area contributed by atoms with E-state index in [0.29, 0.717) is 12.5 Å². The van der Waals surface area contributed by atoms with Crippen LogP contribution < -0.4 is 4.72 Å². The molecule has 86 valence electrons. The first-order chi connectivity index (χ1) is 6.55. The van der Waals surface area contributed by atoms with Crippen LogP contribution in [-0.4, -0.2) is 20.2 Å². The third-order valence-electron chi connectivity index (χ3n) is 2.28. The molecule has 0 saturated carbocycles. The summed E-state index contributed by atoms with van der Waals surface area (Å²) < 4.78 is 24.6. The molecule has 0 fully saturated rings. The van der Waals surface area contributed by atoms with E-state index in [1.807, 2.05) is 0 Å². The standard InChI is InChI=1S/C9H20ClNO2S/c1-3-5-6-9(4-2)7-11-14(12,13)8-10/h9,11H,3-8H2,1-2H3. The van der Waals surface area contributed by atoms with Crippen molar-refractivity contribution in [1.82, 2.24) is 4.72 Å². The number of halogens is 1. The zero-order chi connectivity index (χ0) is 11.0. The summed E-state index contributed by atoms with van der Waals surface area (Å²) in [6.45, 7) is 4.73. The molecule has 1 N–H and O–H groups in total. The molecule has 14 heavy (non-hydrogen) atoms. The average Bonchev–Trinajstić information content (AvgIpc) is 2.18. The molecule has 0 rings (SSSR count). The van der Waals surface area contributed by atoms with Crippen molar-refractivity contribution in [2.45, 2.75) is 39.5 Å². The van der Waals surface area contributed by atoms with E-state index in [9.17, 15) is 8.42 Å². The highest BCUT2D eigenvalue weighted by molar-refractivity contribution is 7.90. The van der Waals surface area contributed by atoms with E-state index in [2.05, 4.69) is 18.6 Å². The Kier molecular flexibility index (Phi) is 7.59. The number of hydrogen-bond acceptors (Lipinski definition) is 2. The van der Waals surface area contributed by atoms with Crippen LogP contribution in [0, 0.1) is 5.92 Å². The van der Waals surface area contributed by atoms with Crippen molar-refractivity contribution in [1.29, 1.82) is 0 Å². The first-order valence-corrected chi connectivity index (χ1v) is 7.27. The SMILES string of the molecule is CCCCC(CC)CNS(=O)(=O)CCl. The van der Waals surface area contributed by atoms with Crippen molar-refractivity contribution in [3.05, 3.63) is 0 Å². The zero-order valence-corrected chi connectivity index (χ0v) is 10.5. The molecule has 0 amide bonds. The predicted octanol–water partition coefficient (Wildman–Crippen LogP) is 2.32. The molecule has 1 atom stereocenters. The number of alkyl halides is 1. The molecule has 0 aliphatic carbocycles. The highest BCUT2D eigenvalue weighted by Gasteiger charge is 2.11. The van der Waals surface area contributed by atoms with E-state index >= 15 is 0 Å². The van der Waals surface area contributed by atoms with Crippen molar-refractivity contribution in [2.24, 2.45) is 5.92 Å². The Labute approximate surface area is 92.3 Å². The molecule has 0 aromatic rings. The maximum atomic E-state index is 11.1. The van der Waals surface area contributed by atoms with Crippen LogP contribution in [0.4, 0.5) is 0 Å². The molecule has 5 heteroatoms. The van der Waals surface area contributed by atoms with Crippen LogP contribution in [0.5, 0.6) is 0 Å². The normalized spacial score (nSPS) is 14.2. The molecule has 1 unspecified atom stereocenters. The minimum atomic E-state index is -3.23. The minimum Gasteiger partial charge on any atom is -0.214 e. The van der Waals surface area contributed by atoms with Gasteiger partial charge >= 0.3 is 0 Å². The van der Waals surface area contributed by atoms with Crippen LogP contribution in [-0.2, 0) is 10.0 Å². The largest absolute Gasteiger partial charge is 0.225 e. The maximum Gasteiger partial charge on any atom is 0.225 e. The van der Waals surface area contributed by atoms with E-state index in [1.54, 1.807) is 0 Å². The van der Waals surface area contributed by atoms with E-state index < -0.39 is 10.0 Å². The van der Waals surface area contributed by atoms with Crippen LogP contribution in [0.15, 0.2) is 0 Å². The summed E-state index contributed by atoms with van der Waals surface area (Å²) in [5.74, 6) is 0.438. The Morgan fingerprint density at radius 2 is 2.00 bits per heavy atom. The van der Waals surface area contributed by atoms with Gasteiger partial charge in [0.25, 0.3) is 0 Å². The lowest BCUT2D eigenvalue weighted by molar-refractivity contribution is 0.444. The van der Waals surface area contributed by atoms with Gasteiger partial charge in [-0.3, -0.25) is 0 Å². The summed E-state index contributed by atoms with van der Waals surface area (Å²) >= 11 is 5.27. The number of sulfonamides is 1. The van der Waals surface area contributed by atoms with Crippen LogP contribution in [0.2, 0.25) is 0 Å². The molecular formula is C9H20ClNO2S. The molecule has 3 nitrogen and oxygen atoms in total. The van der Waals surface area contributed by atoms with E-state index in [1.165, 1.54) is 0 Å². The number of rotatable bonds is 8. The first kappa shape index (κ1) is 14.2. The summed E-state index contributed by atoms with van der Waals surface area (Å²) in [5, 5.41) is -0.350. The number of hydrogen-bond donors (Lipinski definition) is 1. The first-order valence-electron chi connectivity index (χ1n) is 5.09. The van der Waals surface area contributed by atoms with Gasteiger partial charge in [-0.1, -0.05) is 33.1 Å². The molecule has 0 saturated heterocycles. The molecule has 0 aromatic carbocycles. The van der Waals surface area contributed by atoms with E-state index in [4.69, 9.17) is 11.6 Å². The summed E-state index contributed by atoms with van der Waals surface area (Å²) in [6, 6.07) is 0. The van der Waals surface area contributed by atoms with Gasteiger partial charge in [-0.15, -0.1) is 11.6 Å². The molecule has 0 spiro atoms. The average molecular weight is 242 g/mol. The summed E-state index contributed by atoms with van der Waals surface area (Å²) in [6.07, 6.45) is 4.39. The van der Waals surface area contributed by atoms with Gasteiger partial charge in [-0.25, -0.2) is 13.1 Å². The minimum absolute atomic E-state index is 0.350. The molecule has 0 bridgehead atoms. The Balaban J connectivity index is 3.83. The van der Waals surface area contributed by atoms with Gasteiger partial charge < -0.3 is 0 Å². The highest BCUT2D eigenvalue weighted by Crippen LogP contribution is 2.11. The molecule has 0 aromatic heterocycles. The second-order valence-corrected chi connectivity index (χ2v) is 5.88. The van der Waals surface area contributed by atoms with Crippen molar-refractivity contribution >= 4 is 21.6 Å². The Hall–Kier alpha value is 0.200. The quantitative estimate of drug-likeness (QED) is 0.663. The Bertz CT molecular complexity index is 229. The third-order valence-corrected chi connectivity index (χ3v) is 4.03. The van der Waals surface area contributed by atoms with Gasteiger partial charge in [-0.2, -0.15) is 0 Å². The number of unbranched alkanes of at least 4 members (excludes halogenated alkanes) is 1.